The zero-order chi connectivity index (χ0) is 17.4. The summed E-state index contributed by atoms with van der Waals surface area (Å²) in [5.74, 6) is 0. The number of benzene rings is 2. The van der Waals surface area contributed by atoms with Gasteiger partial charge in [0.25, 0.3) is 5.69 Å². The molecule has 0 aliphatic carbocycles. The lowest BCUT2D eigenvalue weighted by atomic mass is 10.2. The van der Waals surface area contributed by atoms with Gasteiger partial charge < -0.3 is 5.32 Å². The van der Waals surface area contributed by atoms with Crippen LogP contribution in [0, 0.1) is 10.1 Å². The summed E-state index contributed by atoms with van der Waals surface area (Å²) in [5, 5.41) is 14.1. The molecule has 0 radical (unpaired) electrons. The molecule has 0 atom stereocenters. The molecule has 2 aromatic carbocycles. The average Bonchev–Trinajstić information content (AvgIpc) is 2.56. The molecule has 0 saturated carbocycles. The van der Waals surface area contributed by atoms with Crippen molar-refractivity contribution in [3.8, 4) is 0 Å². The number of urea groups is 1. The van der Waals surface area contributed by atoms with Crippen LogP contribution in [0.4, 0.5) is 16.2 Å². The van der Waals surface area contributed by atoms with Gasteiger partial charge in [-0.1, -0.05) is 35.5 Å². The highest BCUT2D eigenvalue weighted by molar-refractivity contribution is 7.17. The van der Waals surface area contributed by atoms with Gasteiger partial charge in [-0.25, -0.2) is 14.8 Å². The van der Waals surface area contributed by atoms with E-state index in [0.29, 0.717) is 5.69 Å². The molecule has 0 bridgehead atoms. The highest BCUT2D eigenvalue weighted by Gasteiger charge is 2.12. The van der Waals surface area contributed by atoms with Gasteiger partial charge in [0, 0.05) is 17.8 Å². The number of carbonyl (C=O) groups excluding carboxylic acids is 1. The highest BCUT2D eigenvalue weighted by Crippen LogP contribution is 2.15. The van der Waals surface area contributed by atoms with Crippen molar-refractivity contribution in [1.29, 1.82) is 0 Å². The first-order valence-corrected chi connectivity index (χ1v) is 7.45. The van der Waals surface area contributed by atoms with Gasteiger partial charge >= 0.3 is 14.7 Å². The third-order valence-electron chi connectivity index (χ3n) is 2.86. The molecule has 0 saturated heterocycles. The Morgan fingerprint density at radius 1 is 1.17 bits per heavy atom. The molecule has 0 fully saturated rings. The first-order chi connectivity index (χ1) is 11.6. The molecule has 2 N–H and O–H groups in total. The van der Waals surface area contributed by atoms with Gasteiger partial charge in [0.1, 0.15) is 0 Å². The number of hydrazine groups is 1. The second kappa shape index (κ2) is 8.68. The fourth-order valence-corrected chi connectivity index (χ4v) is 2.00. The summed E-state index contributed by atoms with van der Waals surface area (Å²) in [6.07, 6.45) is 0. The van der Waals surface area contributed by atoms with Crippen LogP contribution in [0.5, 0.6) is 0 Å². The van der Waals surface area contributed by atoms with Gasteiger partial charge in [0.2, 0.25) is 0 Å². The maximum absolute atomic E-state index is 11.9. The molecule has 0 unspecified atom stereocenters. The van der Waals surface area contributed by atoms with Crippen molar-refractivity contribution >= 4 is 26.1 Å². The van der Waals surface area contributed by atoms with Gasteiger partial charge in [-0.2, -0.15) is 4.62 Å². The molecular weight excluding hydrogens is 335 g/mol. The predicted octanol–water partition coefficient (Wildman–Crippen LogP) is 3.27. The molecule has 24 heavy (non-hydrogen) atoms. The fourth-order valence-electron chi connectivity index (χ4n) is 1.82. The first kappa shape index (κ1) is 17.5. The predicted molar refractivity (Wildman–Crippen MR) is 85.9 cm³/mol. The summed E-state index contributed by atoms with van der Waals surface area (Å²) in [6, 6.07) is 13.8. The second-order valence-corrected chi connectivity index (χ2v) is 4.86. The number of carbonyl (C=O) groups is 1. The summed E-state index contributed by atoms with van der Waals surface area (Å²) < 4.78 is 15.4. The molecule has 9 nitrogen and oxygen atoms in total. The molecule has 0 heterocycles. The Balaban J connectivity index is 1.94. The van der Waals surface area contributed by atoms with Crippen molar-refractivity contribution in [1.82, 2.24) is 10.6 Å². The Hall–Kier alpha value is -2.87. The number of hydrogen-bond donors (Lipinski definition) is 2. The summed E-state index contributed by atoms with van der Waals surface area (Å²) in [7, 11) is -0.624. The van der Waals surface area contributed by atoms with E-state index in [2.05, 4.69) is 10.7 Å². The first-order valence-electron chi connectivity index (χ1n) is 6.72. The van der Waals surface area contributed by atoms with Crippen molar-refractivity contribution in [2.24, 2.45) is 0 Å². The third kappa shape index (κ3) is 5.40. The zero-order valence-corrected chi connectivity index (χ0v) is 13.2. The molecule has 2 aromatic rings. The molecule has 0 spiro atoms. The Bertz CT molecular complexity index is 711. The van der Waals surface area contributed by atoms with Crippen LogP contribution < -0.4 is 10.7 Å². The van der Waals surface area contributed by atoms with Crippen molar-refractivity contribution in [2.75, 3.05) is 5.32 Å². The quantitative estimate of drug-likeness (QED) is 0.451. The number of amides is 2. The molecule has 10 heteroatoms. The number of nitro groups is 1. The smallest absolute Gasteiger partial charge is 0.307 e. The number of anilines is 1. The number of nitro benzene ring substituents is 1. The largest absolute Gasteiger partial charge is 0.348 e. The highest BCUT2D eigenvalue weighted by atomic mass is 31.1. The number of nitrogens with zero attached hydrogens (tertiary/aromatic N) is 2. The molecule has 2 rings (SSSR count). The van der Waals surface area contributed by atoms with Crippen molar-refractivity contribution in [3.63, 3.8) is 0 Å². The van der Waals surface area contributed by atoms with Crippen LogP contribution in [-0.2, 0) is 15.7 Å². The molecule has 2 amide bonds. The summed E-state index contributed by atoms with van der Waals surface area (Å²) in [6.45, 7) is 0.170. The van der Waals surface area contributed by atoms with E-state index in [0.717, 1.165) is 10.7 Å². The minimum Gasteiger partial charge on any atom is -0.307 e. The lowest BCUT2D eigenvalue weighted by Crippen LogP contribution is -2.42. The molecule has 0 aliphatic rings. The normalized spacial score (nSPS) is 10.5. The number of nitrogens with one attached hydrogen (secondary N) is 2. The van der Waals surface area contributed by atoms with E-state index in [4.69, 9.17) is 4.62 Å². The monoisotopic (exact) mass is 348 g/mol. The number of rotatable bonds is 7. The SMILES string of the molecule is O=PON(Cc1ccccc1)NC(=O)Nc1ccc([N+](=O)[O-])cc1. The van der Waals surface area contributed by atoms with Crippen LogP contribution in [0.2, 0.25) is 0 Å². The van der Waals surface area contributed by atoms with E-state index in [9.17, 15) is 19.5 Å². The third-order valence-corrected chi connectivity index (χ3v) is 3.13. The van der Waals surface area contributed by atoms with E-state index in [1.807, 2.05) is 30.3 Å². The Morgan fingerprint density at radius 2 is 1.83 bits per heavy atom. The van der Waals surface area contributed by atoms with Gasteiger partial charge in [-0.05, 0) is 17.7 Å². The van der Waals surface area contributed by atoms with Crippen molar-refractivity contribution < 1.29 is 18.9 Å². The lowest BCUT2D eigenvalue weighted by molar-refractivity contribution is -0.384. The van der Waals surface area contributed by atoms with E-state index in [1.54, 1.807) is 0 Å². The van der Waals surface area contributed by atoms with E-state index < -0.39 is 19.6 Å². The maximum Gasteiger partial charge on any atom is 0.348 e. The van der Waals surface area contributed by atoms with Crippen molar-refractivity contribution in [3.05, 3.63) is 70.3 Å². The van der Waals surface area contributed by atoms with Gasteiger partial charge in [-0.3, -0.25) is 10.1 Å². The van der Waals surface area contributed by atoms with Crippen LogP contribution in [0.3, 0.4) is 0 Å². The summed E-state index contributed by atoms with van der Waals surface area (Å²) in [5.41, 5.74) is 3.48. The number of hydrogen-bond acceptors (Lipinski definition) is 6. The van der Waals surface area contributed by atoms with Gasteiger partial charge in [0.15, 0.2) is 0 Å². The zero-order valence-electron chi connectivity index (χ0n) is 12.3. The van der Waals surface area contributed by atoms with Crippen molar-refractivity contribution in [2.45, 2.75) is 6.54 Å². The summed E-state index contributed by atoms with van der Waals surface area (Å²) >= 11 is 0. The number of non-ortho nitro benzene ring substituents is 1. The fraction of sp³-hybridized carbons (Fsp3) is 0.0714. The van der Waals surface area contributed by atoms with Crippen LogP contribution in [0.25, 0.3) is 0 Å². The van der Waals surface area contributed by atoms with Crippen LogP contribution in [-0.4, -0.2) is 16.1 Å². The Kier molecular flexibility index (Phi) is 6.32. The second-order valence-electron chi connectivity index (χ2n) is 4.55. The van der Waals surface area contributed by atoms with Gasteiger partial charge in [0.05, 0.1) is 11.5 Å². The average molecular weight is 348 g/mol. The standard InChI is InChI=1S/C14H13N4O5P/c19-14(15-12-6-8-13(9-7-12)18(20)21)16-17(23-24-22)10-11-4-2-1-3-5-11/h1-9H,10H2,(H2,15,16,19). The van der Waals surface area contributed by atoms with Gasteiger partial charge in [-0.15, -0.1) is 0 Å². The Labute approximate surface area is 138 Å². The minimum atomic E-state index is -0.650. The molecular formula is C14H13N4O5P. The van der Waals surface area contributed by atoms with E-state index in [1.165, 1.54) is 24.3 Å². The summed E-state index contributed by atoms with van der Waals surface area (Å²) in [4.78, 5) is 22.0. The number of hydroxylamine groups is 1. The minimum absolute atomic E-state index is 0.0832. The van der Waals surface area contributed by atoms with E-state index in [-0.39, 0.29) is 12.2 Å². The van der Waals surface area contributed by atoms with Crippen LogP contribution >= 0.6 is 8.69 Å². The molecule has 124 valence electrons. The van der Waals surface area contributed by atoms with E-state index >= 15 is 0 Å². The topological polar surface area (TPSA) is 114 Å². The molecule has 0 aromatic heterocycles. The maximum atomic E-state index is 11.9. The Morgan fingerprint density at radius 3 is 2.42 bits per heavy atom. The van der Waals surface area contributed by atoms with Crippen LogP contribution in [0.1, 0.15) is 5.56 Å². The lowest BCUT2D eigenvalue weighted by Gasteiger charge is -2.18. The molecule has 0 aliphatic heterocycles. The van der Waals surface area contributed by atoms with Crippen LogP contribution in [0.15, 0.2) is 54.6 Å².